The predicted molar refractivity (Wildman–Crippen MR) is 77.5 cm³/mol. The van der Waals surface area contributed by atoms with Gasteiger partial charge in [-0.15, -0.1) is 0 Å². The molecular weight excluding hydrogens is 257 g/mol. The summed E-state index contributed by atoms with van der Waals surface area (Å²) in [5.74, 6) is 0.335. The van der Waals surface area contributed by atoms with Crippen LogP contribution in [0.5, 0.6) is 5.75 Å². The van der Waals surface area contributed by atoms with Crippen LogP contribution in [-0.2, 0) is 0 Å². The summed E-state index contributed by atoms with van der Waals surface area (Å²) in [4.78, 5) is 0. The Morgan fingerprint density at radius 3 is 3.00 bits per heavy atom. The van der Waals surface area contributed by atoms with Crippen molar-refractivity contribution in [3.63, 3.8) is 0 Å². The van der Waals surface area contributed by atoms with E-state index in [-0.39, 0.29) is 24.1 Å². The van der Waals surface area contributed by atoms with Crippen LogP contribution >= 0.6 is 0 Å². The lowest BCUT2D eigenvalue weighted by Crippen LogP contribution is -2.53. The van der Waals surface area contributed by atoms with Crippen LogP contribution in [0.2, 0.25) is 0 Å². The predicted octanol–water partition coefficient (Wildman–Crippen LogP) is 2.80. The molecule has 3 nitrogen and oxygen atoms in total. The monoisotopic (exact) mass is 281 g/mol. The lowest BCUT2D eigenvalue weighted by Gasteiger charge is -2.40. The number of aryl methyl sites for hydroxylation is 1. The van der Waals surface area contributed by atoms with E-state index in [1.54, 1.807) is 6.07 Å². The number of halogens is 1. The highest BCUT2D eigenvalue weighted by atomic mass is 19.1. The zero-order valence-corrected chi connectivity index (χ0v) is 12.3. The van der Waals surface area contributed by atoms with Gasteiger partial charge in [-0.3, -0.25) is 0 Å². The smallest absolute Gasteiger partial charge is 0.126 e. The molecule has 0 spiro atoms. The summed E-state index contributed by atoms with van der Waals surface area (Å²) in [6.45, 7) is 4.90. The molecule has 1 aromatic rings. The molecule has 2 atom stereocenters. The fraction of sp³-hybridized carbons (Fsp3) is 0.625. The topological polar surface area (TPSA) is 41.5 Å². The van der Waals surface area contributed by atoms with E-state index in [1.807, 2.05) is 13.8 Å². The molecule has 2 rings (SSSR count). The van der Waals surface area contributed by atoms with Gasteiger partial charge in [0.05, 0.1) is 6.61 Å². The maximum Gasteiger partial charge on any atom is 0.126 e. The lowest BCUT2D eigenvalue weighted by molar-refractivity contribution is 0.0515. The highest BCUT2D eigenvalue weighted by Crippen LogP contribution is 2.32. The van der Waals surface area contributed by atoms with E-state index in [2.05, 4.69) is 5.32 Å². The Kier molecular flexibility index (Phi) is 5.00. The van der Waals surface area contributed by atoms with Crippen LogP contribution in [0, 0.1) is 12.7 Å². The van der Waals surface area contributed by atoms with E-state index in [1.165, 1.54) is 12.1 Å². The minimum Gasteiger partial charge on any atom is -0.490 e. The minimum absolute atomic E-state index is 0.0236. The van der Waals surface area contributed by atoms with Crippen LogP contribution in [0.15, 0.2) is 18.2 Å². The number of likely N-dealkylation sites (N-methyl/N-ethyl adjacent to an activating group) is 1. The maximum atomic E-state index is 13.3. The molecule has 1 saturated carbocycles. The molecule has 0 amide bonds. The molecule has 1 fully saturated rings. The molecule has 1 aromatic carbocycles. The van der Waals surface area contributed by atoms with Crippen LogP contribution in [-0.4, -0.2) is 29.9 Å². The number of benzene rings is 1. The normalized spacial score (nSPS) is 26.5. The largest absolute Gasteiger partial charge is 0.490 e. The number of aliphatic hydroxyl groups excluding tert-OH is 1. The summed E-state index contributed by atoms with van der Waals surface area (Å²) in [5.41, 5.74) is 0.689. The van der Waals surface area contributed by atoms with Crippen molar-refractivity contribution in [3.05, 3.63) is 29.6 Å². The van der Waals surface area contributed by atoms with Crippen molar-refractivity contribution in [2.75, 3.05) is 13.2 Å². The van der Waals surface area contributed by atoms with Crippen molar-refractivity contribution in [1.29, 1.82) is 0 Å². The molecule has 4 heteroatoms. The van der Waals surface area contributed by atoms with Crippen molar-refractivity contribution in [2.24, 2.45) is 0 Å². The third-order valence-corrected chi connectivity index (χ3v) is 4.10. The Labute approximate surface area is 120 Å². The second kappa shape index (κ2) is 6.55. The van der Waals surface area contributed by atoms with Crippen molar-refractivity contribution in [3.8, 4) is 5.75 Å². The van der Waals surface area contributed by atoms with Gasteiger partial charge in [0, 0.05) is 18.0 Å². The van der Waals surface area contributed by atoms with E-state index in [0.717, 1.165) is 37.8 Å². The zero-order valence-electron chi connectivity index (χ0n) is 12.3. The Hall–Kier alpha value is -1.13. The van der Waals surface area contributed by atoms with Gasteiger partial charge in [-0.25, -0.2) is 4.39 Å². The summed E-state index contributed by atoms with van der Waals surface area (Å²) in [7, 11) is 0. The third-order valence-electron chi connectivity index (χ3n) is 4.10. The first-order chi connectivity index (χ1) is 9.58. The Balaban J connectivity index is 2.07. The van der Waals surface area contributed by atoms with Crippen LogP contribution in [0.4, 0.5) is 4.39 Å². The summed E-state index contributed by atoms with van der Waals surface area (Å²) in [6.07, 6.45) is 3.69. The number of nitrogens with one attached hydrogen (secondary N) is 1. The maximum absolute atomic E-state index is 13.3. The minimum atomic E-state index is -0.276. The standard InChI is InChI=1S/C16H24FNO2/c1-3-18-16(11-19)8-4-5-14(10-16)20-15-9-13(17)7-6-12(15)2/h6-7,9,14,18-19H,3-5,8,10-11H2,1-2H3. The van der Waals surface area contributed by atoms with Crippen LogP contribution in [0.1, 0.15) is 38.2 Å². The van der Waals surface area contributed by atoms with Gasteiger partial charge in [-0.2, -0.15) is 0 Å². The molecule has 0 bridgehead atoms. The van der Waals surface area contributed by atoms with E-state index in [9.17, 15) is 9.50 Å². The SMILES string of the molecule is CCNC1(CO)CCCC(Oc2cc(F)ccc2C)C1. The number of aliphatic hydroxyl groups is 1. The molecule has 2 N–H and O–H groups in total. The fourth-order valence-corrected chi connectivity index (χ4v) is 3.02. The number of ether oxygens (including phenoxy) is 1. The van der Waals surface area contributed by atoms with E-state index < -0.39 is 0 Å². The van der Waals surface area contributed by atoms with Crippen LogP contribution in [0.25, 0.3) is 0 Å². The van der Waals surface area contributed by atoms with Crippen molar-refractivity contribution in [2.45, 2.75) is 51.2 Å². The van der Waals surface area contributed by atoms with Gasteiger partial charge in [0.25, 0.3) is 0 Å². The lowest BCUT2D eigenvalue weighted by atomic mass is 9.80. The highest BCUT2D eigenvalue weighted by molar-refractivity contribution is 5.33. The van der Waals surface area contributed by atoms with Gasteiger partial charge < -0.3 is 15.2 Å². The summed E-state index contributed by atoms with van der Waals surface area (Å²) >= 11 is 0. The quantitative estimate of drug-likeness (QED) is 0.872. The van der Waals surface area contributed by atoms with E-state index >= 15 is 0 Å². The van der Waals surface area contributed by atoms with E-state index in [0.29, 0.717) is 5.75 Å². The molecule has 0 aliphatic heterocycles. The first-order valence-corrected chi connectivity index (χ1v) is 7.37. The molecule has 0 radical (unpaired) electrons. The fourth-order valence-electron chi connectivity index (χ4n) is 3.02. The van der Waals surface area contributed by atoms with Crippen LogP contribution in [0.3, 0.4) is 0 Å². The van der Waals surface area contributed by atoms with Crippen molar-refractivity contribution < 1.29 is 14.2 Å². The molecule has 0 heterocycles. The number of hydrogen-bond donors (Lipinski definition) is 2. The number of hydrogen-bond acceptors (Lipinski definition) is 3. The van der Waals surface area contributed by atoms with Crippen molar-refractivity contribution >= 4 is 0 Å². The van der Waals surface area contributed by atoms with Gasteiger partial charge in [0.15, 0.2) is 0 Å². The Morgan fingerprint density at radius 2 is 2.30 bits per heavy atom. The molecule has 1 aliphatic rings. The first-order valence-electron chi connectivity index (χ1n) is 7.37. The average Bonchev–Trinajstić information content (AvgIpc) is 2.44. The molecule has 0 saturated heterocycles. The molecule has 112 valence electrons. The van der Waals surface area contributed by atoms with Gasteiger partial charge in [0.2, 0.25) is 0 Å². The molecular formula is C16H24FNO2. The molecule has 2 unspecified atom stereocenters. The number of rotatable bonds is 5. The summed E-state index contributed by atoms with van der Waals surface area (Å²) in [6, 6.07) is 4.62. The molecule has 1 aliphatic carbocycles. The molecule has 0 aromatic heterocycles. The summed E-state index contributed by atoms with van der Waals surface area (Å²) in [5, 5.41) is 13.1. The first kappa shape index (κ1) is 15.3. The highest BCUT2D eigenvalue weighted by Gasteiger charge is 2.36. The Bertz CT molecular complexity index is 448. The average molecular weight is 281 g/mol. The second-order valence-electron chi connectivity index (χ2n) is 5.71. The Morgan fingerprint density at radius 1 is 1.50 bits per heavy atom. The van der Waals surface area contributed by atoms with Gasteiger partial charge in [-0.1, -0.05) is 13.0 Å². The second-order valence-corrected chi connectivity index (χ2v) is 5.71. The third kappa shape index (κ3) is 3.49. The summed E-state index contributed by atoms with van der Waals surface area (Å²) < 4.78 is 19.3. The van der Waals surface area contributed by atoms with Gasteiger partial charge in [-0.05, 0) is 44.4 Å². The molecule has 20 heavy (non-hydrogen) atoms. The zero-order chi connectivity index (χ0) is 14.6. The van der Waals surface area contributed by atoms with Crippen molar-refractivity contribution in [1.82, 2.24) is 5.32 Å². The van der Waals surface area contributed by atoms with E-state index in [4.69, 9.17) is 4.74 Å². The van der Waals surface area contributed by atoms with Gasteiger partial charge in [0.1, 0.15) is 17.7 Å². The van der Waals surface area contributed by atoms with Gasteiger partial charge >= 0.3 is 0 Å². The van der Waals surface area contributed by atoms with Crippen LogP contribution < -0.4 is 10.1 Å².